The van der Waals surface area contributed by atoms with Gasteiger partial charge in [0.2, 0.25) is 0 Å². The summed E-state index contributed by atoms with van der Waals surface area (Å²) in [6, 6.07) is 0. The Morgan fingerprint density at radius 2 is 1.70 bits per heavy atom. The van der Waals surface area contributed by atoms with Crippen molar-refractivity contribution in [2.45, 2.75) is 12.5 Å². The Hall–Kier alpha value is -0.581. The van der Waals surface area contributed by atoms with Crippen molar-refractivity contribution in [2.24, 2.45) is 0 Å². The van der Waals surface area contributed by atoms with Gasteiger partial charge in [-0.15, -0.1) is 0 Å². The predicted molar refractivity (Wildman–Crippen MR) is 25.9 cm³/mol. The van der Waals surface area contributed by atoms with Gasteiger partial charge >= 0.3 is 11.9 Å². The van der Waals surface area contributed by atoms with Crippen molar-refractivity contribution in [3.05, 3.63) is 0 Å². The minimum Gasteiger partial charge on any atom is -0.481 e. The number of aliphatic hydroxyl groups is 1. The van der Waals surface area contributed by atoms with E-state index in [0.29, 0.717) is 0 Å². The summed E-state index contributed by atoms with van der Waals surface area (Å²) < 4.78 is 0. The molecular weight excluding hydrogens is 184 g/mol. The Balaban J connectivity index is 0. The van der Waals surface area contributed by atoms with Crippen LogP contribution in [0.1, 0.15) is 6.42 Å². The van der Waals surface area contributed by atoms with Gasteiger partial charge in [-0.1, -0.05) is 0 Å². The summed E-state index contributed by atoms with van der Waals surface area (Å²) in [5.41, 5.74) is 0. The van der Waals surface area contributed by atoms with E-state index in [1.54, 1.807) is 0 Å². The largest absolute Gasteiger partial charge is 0.481 e. The van der Waals surface area contributed by atoms with Crippen molar-refractivity contribution >= 4 is 11.9 Å². The van der Waals surface area contributed by atoms with E-state index < -0.39 is 24.5 Å². The fourth-order valence-corrected chi connectivity index (χ4v) is 0.253. The van der Waals surface area contributed by atoms with Gasteiger partial charge in [0.25, 0.3) is 0 Å². The zero-order valence-corrected chi connectivity index (χ0v) is 5.90. The number of carboxylic acids is 2. The second kappa shape index (κ2) is 5.22. The molecule has 0 aromatic carbocycles. The number of aliphatic hydroxyl groups excluding tert-OH is 1. The van der Waals surface area contributed by atoms with Crippen LogP contribution >= 0.6 is 0 Å². The number of carboxylic acid groups (broad SMARTS) is 2. The van der Waals surface area contributed by atoms with Gasteiger partial charge in [0.05, 0.1) is 6.42 Å². The molecule has 0 saturated heterocycles. The van der Waals surface area contributed by atoms with Crippen LogP contribution in [-0.4, -0.2) is 33.4 Å². The van der Waals surface area contributed by atoms with E-state index in [2.05, 4.69) is 0 Å². The van der Waals surface area contributed by atoms with Crippen molar-refractivity contribution in [1.82, 2.24) is 0 Å². The van der Waals surface area contributed by atoms with Crippen molar-refractivity contribution in [1.29, 1.82) is 0 Å². The fourth-order valence-electron chi connectivity index (χ4n) is 0.253. The summed E-state index contributed by atoms with van der Waals surface area (Å²) in [6.07, 6.45) is -2.54. The summed E-state index contributed by atoms with van der Waals surface area (Å²) in [5.74, 6) is -2.85. The Labute approximate surface area is 67.1 Å². The molecule has 0 fully saturated rings. The second-order valence-corrected chi connectivity index (χ2v) is 1.45. The normalized spacial score (nSPS) is 11.3. The molecule has 0 radical (unpaired) electrons. The van der Waals surface area contributed by atoms with E-state index in [1.807, 2.05) is 0 Å². The van der Waals surface area contributed by atoms with Crippen LogP contribution in [0.15, 0.2) is 0 Å². The Bertz CT molecular complexity index is 134. The van der Waals surface area contributed by atoms with Crippen molar-refractivity contribution in [3.8, 4) is 0 Å². The summed E-state index contributed by atoms with van der Waals surface area (Å²) in [5, 5.41) is 24.1. The van der Waals surface area contributed by atoms with Gasteiger partial charge < -0.3 is 15.3 Å². The van der Waals surface area contributed by atoms with Crippen LogP contribution in [0, 0.1) is 0 Å². The van der Waals surface area contributed by atoms with Gasteiger partial charge in [-0.3, -0.25) is 4.79 Å². The Morgan fingerprint density at radius 3 is 1.80 bits per heavy atom. The summed E-state index contributed by atoms with van der Waals surface area (Å²) >= 11 is 0. The van der Waals surface area contributed by atoms with E-state index >= 15 is 0 Å². The molecule has 1 atom stereocenters. The number of hydrogen-bond donors (Lipinski definition) is 3. The summed E-state index contributed by atoms with van der Waals surface area (Å²) in [4.78, 5) is 19.4. The first-order valence-electron chi connectivity index (χ1n) is 2.16. The van der Waals surface area contributed by atoms with E-state index in [-0.39, 0.29) is 17.1 Å². The minimum absolute atomic E-state index is 0. The molecule has 6 heteroatoms. The summed E-state index contributed by atoms with van der Waals surface area (Å²) in [6.45, 7) is 0. The van der Waals surface area contributed by atoms with E-state index in [9.17, 15) is 9.59 Å². The molecule has 3 N–H and O–H groups in total. The maximum absolute atomic E-state index is 9.72. The number of carbonyl (C=O) groups is 2. The average Bonchev–Trinajstić information content (AvgIpc) is 1.63. The first-order valence-corrected chi connectivity index (χ1v) is 2.16. The molecule has 0 rings (SSSR count). The topological polar surface area (TPSA) is 94.8 Å². The van der Waals surface area contributed by atoms with E-state index in [0.717, 1.165) is 0 Å². The third kappa shape index (κ3) is 5.55. The van der Waals surface area contributed by atoms with E-state index in [1.165, 1.54) is 0 Å². The first kappa shape index (κ1) is 12.1. The molecular formula is C4H6FeO5. The minimum atomic E-state index is -1.79. The van der Waals surface area contributed by atoms with Crippen LogP contribution in [0.25, 0.3) is 0 Å². The molecule has 0 aliphatic rings. The number of rotatable bonds is 3. The van der Waals surface area contributed by atoms with Crippen LogP contribution < -0.4 is 0 Å². The fraction of sp³-hybridized carbons (Fsp3) is 0.500. The Morgan fingerprint density at radius 1 is 1.30 bits per heavy atom. The molecule has 0 heterocycles. The molecule has 0 aliphatic heterocycles. The smallest absolute Gasteiger partial charge is 0.333 e. The molecule has 0 saturated carbocycles. The maximum atomic E-state index is 9.72. The zero-order chi connectivity index (χ0) is 7.44. The maximum Gasteiger partial charge on any atom is 0.333 e. The molecule has 0 amide bonds. The van der Waals surface area contributed by atoms with Gasteiger partial charge in [-0.05, 0) is 0 Å². The number of aliphatic carboxylic acids is 2. The molecule has 0 aliphatic carbocycles. The molecule has 5 nitrogen and oxygen atoms in total. The average molecular weight is 190 g/mol. The quantitative estimate of drug-likeness (QED) is 0.491. The van der Waals surface area contributed by atoms with Crippen molar-refractivity contribution in [2.75, 3.05) is 0 Å². The molecule has 0 aromatic heterocycles. The Kier molecular flexibility index (Phi) is 6.34. The van der Waals surface area contributed by atoms with Gasteiger partial charge in [0, 0.05) is 17.1 Å². The van der Waals surface area contributed by atoms with Crippen LogP contribution in [0.3, 0.4) is 0 Å². The van der Waals surface area contributed by atoms with Gasteiger partial charge in [-0.25, -0.2) is 4.79 Å². The molecule has 10 heavy (non-hydrogen) atoms. The molecule has 0 bridgehead atoms. The standard InChI is InChI=1S/C4H6O5.Fe/c5-2(4(8)9)1-3(6)7;/h2,5H,1H2,(H,6,7)(H,8,9);. The van der Waals surface area contributed by atoms with Gasteiger partial charge in [0.15, 0.2) is 6.10 Å². The molecule has 0 spiro atoms. The molecule has 60 valence electrons. The van der Waals surface area contributed by atoms with Gasteiger partial charge in [-0.2, -0.15) is 0 Å². The summed E-state index contributed by atoms with van der Waals surface area (Å²) in [7, 11) is 0. The zero-order valence-electron chi connectivity index (χ0n) is 4.80. The first-order chi connectivity index (χ1) is 4.04. The third-order valence-electron chi connectivity index (χ3n) is 0.653. The van der Waals surface area contributed by atoms with Crippen LogP contribution in [-0.2, 0) is 26.7 Å². The second-order valence-electron chi connectivity index (χ2n) is 1.45. The molecule has 1 unspecified atom stereocenters. The monoisotopic (exact) mass is 190 g/mol. The van der Waals surface area contributed by atoms with Crippen LogP contribution in [0.4, 0.5) is 0 Å². The molecule has 0 aromatic rings. The van der Waals surface area contributed by atoms with Crippen molar-refractivity contribution < 1.29 is 42.0 Å². The van der Waals surface area contributed by atoms with Crippen molar-refractivity contribution in [3.63, 3.8) is 0 Å². The van der Waals surface area contributed by atoms with E-state index in [4.69, 9.17) is 15.3 Å². The predicted octanol–water partition coefficient (Wildman–Crippen LogP) is -1.10. The SMILES string of the molecule is O=C(O)CC(O)C(=O)O.[Fe]. The van der Waals surface area contributed by atoms with Crippen LogP contribution in [0.2, 0.25) is 0 Å². The number of hydrogen-bond acceptors (Lipinski definition) is 3. The van der Waals surface area contributed by atoms with Gasteiger partial charge in [0.1, 0.15) is 0 Å². The van der Waals surface area contributed by atoms with Crippen LogP contribution in [0.5, 0.6) is 0 Å². The third-order valence-corrected chi connectivity index (χ3v) is 0.653.